The second-order valence-corrected chi connectivity index (χ2v) is 6.73. The van der Waals surface area contributed by atoms with Gasteiger partial charge in [-0.2, -0.15) is 0 Å². The van der Waals surface area contributed by atoms with Crippen LogP contribution in [0.15, 0.2) is 0 Å². The lowest BCUT2D eigenvalue weighted by atomic mass is 9.66. The highest BCUT2D eigenvalue weighted by atomic mass is 16.5. The van der Waals surface area contributed by atoms with E-state index >= 15 is 0 Å². The van der Waals surface area contributed by atoms with Crippen LogP contribution in [0.4, 0.5) is 0 Å². The van der Waals surface area contributed by atoms with Gasteiger partial charge in [-0.05, 0) is 25.6 Å². The molecule has 0 amide bonds. The van der Waals surface area contributed by atoms with Crippen molar-refractivity contribution in [3.63, 3.8) is 0 Å². The molecule has 18 heavy (non-hydrogen) atoms. The van der Waals surface area contributed by atoms with Crippen LogP contribution >= 0.6 is 0 Å². The molecule has 1 N–H and O–H groups in total. The number of rotatable bonds is 4. The van der Waals surface area contributed by atoms with Gasteiger partial charge in [0.05, 0.1) is 5.60 Å². The quantitative estimate of drug-likeness (QED) is 0.752. The fraction of sp³-hybridized carbons (Fsp3) is 1.00. The summed E-state index contributed by atoms with van der Waals surface area (Å²) < 4.78 is 5.93. The lowest BCUT2D eigenvalue weighted by Crippen LogP contribution is -2.40. The summed E-state index contributed by atoms with van der Waals surface area (Å²) in [6.07, 6.45) is 10.1. The van der Waals surface area contributed by atoms with Gasteiger partial charge in [0.1, 0.15) is 0 Å². The lowest BCUT2D eigenvalue weighted by molar-refractivity contribution is 0.0337. The second kappa shape index (κ2) is 7.54. The van der Waals surface area contributed by atoms with Gasteiger partial charge < -0.3 is 9.68 Å². The van der Waals surface area contributed by atoms with Crippen LogP contribution in [-0.2, 0) is 4.65 Å². The second-order valence-electron chi connectivity index (χ2n) is 6.73. The first kappa shape index (κ1) is 16.0. The first-order chi connectivity index (χ1) is 8.43. The van der Waals surface area contributed by atoms with Gasteiger partial charge in [-0.25, -0.2) is 0 Å². The molecule has 0 aromatic rings. The maximum Gasteiger partial charge on any atom is 0.457 e. The molecule has 0 spiro atoms. The van der Waals surface area contributed by atoms with Crippen LogP contribution in [0.1, 0.15) is 79.1 Å². The van der Waals surface area contributed by atoms with Crippen LogP contribution < -0.4 is 0 Å². The molecule has 1 aliphatic carbocycles. The monoisotopic (exact) mass is 254 g/mol. The number of hydrogen-bond acceptors (Lipinski definition) is 2. The molecule has 3 heteroatoms. The van der Waals surface area contributed by atoms with Crippen molar-refractivity contribution < 1.29 is 9.68 Å². The third-order valence-electron chi connectivity index (χ3n) is 4.62. The van der Waals surface area contributed by atoms with E-state index in [4.69, 9.17) is 4.65 Å². The molecular weight excluding hydrogens is 223 g/mol. The average Bonchev–Trinajstić information content (AvgIpc) is 2.41. The van der Waals surface area contributed by atoms with E-state index in [1.54, 1.807) is 0 Å². The Morgan fingerprint density at radius 1 is 1.00 bits per heavy atom. The molecule has 0 bridgehead atoms. The largest absolute Gasteiger partial charge is 0.457 e. The minimum atomic E-state index is -0.583. The Bertz CT molecular complexity index is 219. The predicted molar refractivity (Wildman–Crippen MR) is 78.7 cm³/mol. The van der Waals surface area contributed by atoms with E-state index in [0.717, 1.165) is 12.8 Å². The van der Waals surface area contributed by atoms with Crippen LogP contribution in [0.2, 0.25) is 5.82 Å². The summed E-state index contributed by atoms with van der Waals surface area (Å²) in [6, 6.07) is 0. The molecule has 0 unspecified atom stereocenters. The van der Waals surface area contributed by atoms with Gasteiger partial charge >= 0.3 is 7.12 Å². The summed E-state index contributed by atoms with van der Waals surface area (Å²) in [5.41, 5.74) is -0.238. The highest BCUT2D eigenvalue weighted by molar-refractivity contribution is 6.44. The standard InChI is InChI=1S/C15H31BO2/c1-13(2)15(3,4)18-16(17)14-11-9-7-5-6-8-10-12-14/h13-14,17H,5-12H2,1-4H3. The van der Waals surface area contributed by atoms with Gasteiger partial charge in [0, 0.05) is 0 Å². The maximum atomic E-state index is 10.3. The van der Waals surface area contributed by atoms with Gasteiger partial charge in [0.2, 0.25) is 0 Å². The van der Waals surface area contributed by atoms with E-state index in [0.29, 0.717) is 11.7 Å². The van der Waals surface area contributed by atoms with Crippen molar-refractivity contribution >= 4 is 7.12 Å². The Kier molecular flexibility index (Phi) is 6.72. The molecule has 1 saturated carbocycles. The van der Waals surface area contributed by atoms with Crippen LogP contribution in [0.3, 0.4) is 0 Å². The van der Waals surface area contributed by atoms with E-state index in [1.165, 1.54) is 38.5 Å². The summed E-state index contributed by atoms with van der Waals surface area (Å²) in [4.78, 5) is 0. The minimum absolute atomic E-state index is 0.238. The Morgan fingerprint density at radius 3 is 1.89 bits per heavy atom. The zero-order valence-corrected chi connectivity index (χ0v) is 12.7. The fourth-order valence-electron chi connectivity index (χ4n) is 2.49. The zero-order chi connectivity index (χ0) is 13.6. The van der Waals surface area contributed by atoms with Gasteiger partial charge in [0.25, 0.3) is 0 Å². The topological polar surface area (TPSA) is 29.5 Å². The molecule has 1 fully saturated rings. The number of hydrogen-bond donors (Lipinski definition) is 1. The normalized spacial score (nSPS) is 20.3. The summed E-state index contributed by atoms with van der Waals surface area (Å²) in [7, 11) is -0.583. The Labute approximate surface area is 114 Å². The first-order valence-corrected chi connectivity index (χ1v) is 7.79. The predicted octanol–water partition coefficient (Wildman–Crippen LogP) is 4.42. The molecule has 0 radical (unpaired) electrons. The third kappa shape index (κ3) is 5.32. The molecule has 1 rings (SSSR count). The smallest absolute Gasteiger partial charge is 0.427 e. The molecule has 0 aliphatic heterocycles. The van der Waals surface area contributed by atoms with Crippen molar-refractivity contribution in [2.75, 3.05) is 0 Å². The van der Waals surface area contributed by atoms with E-state index in [9.17, 15) is 5.02 Å². The molecule has 1 aliphatic rings. The van der Waals surface area contributed by atoms with Crippen LogP contribution in [0.25, 0.3) is 0 Å². The summed E-state index contributed by atoms with van der Waals surface area (Å²) in [5, 5.41) is 10.3. The van der Waals surface area contributed by atoms with E-state index in [2.05, 4.69) is 27.7 Å². The molecule has 106 valence electrons. The molecule has 0 atom stereocenters. The van der Waals surface area contributed by atoms with Crippen molar-refractivity contribution in [3.8, 4) is 0 Å². The summed E-state index contributed by atoms with van der Waals surface area (Å²) in [6.45, 7) is 8.46. The van der Waals surface area contributed by atoms with E-state index < -0.39 is 7.12 Å². The van der Waals surface area contributed by atoms with Gasteiger partial charge in [0.15, 0.2) is 0 Å². The molecule has 0 saturated heterocycles. The van der Waals surface area contributed by atoms with E-state index in [-0.39, 0.29) is 5.60 Å². The average molecular weight is 254 g/mol. The molecule has 0 heterocycles. The van der Waals surface area contributed by atoms with Crippen molar-refractivity contribution in [1.29, 1.82) is 0 Å². The highest BCUT2D eigenvalue weighted by Crippen LogP contribution is 2.31. The van der Waals surface area contributed by atoms with Crippen molar-refractivity contribution in [1.82, 2.24) is 0 Å². The molecule has 0 aromatic heterocycles. The molecule has 2 nitrogen and oxygen atoms in total. The summed E-state index contributed by atoms with van der Waals surface area (Å²) in [5.74, 6) is 0.754. The molecule has 0 aromatic carbocycles. The van der Waals surface area contributed by atoms with Crippen LogP contribution in [-0.4, -0.2) is 17.7 Å². The third-order valence-corrected chi connectivity index (χ3v) is 4.62. The maximum absolute atomic E-state index is 10.3. The fourth-order valence-corrected chi connectivity index (χ4v) is 2.49. The van der Waals surface area contributed by atoms with E-state index in [1.807, 2.05) is 0 Å². The van der Waals surface area contributed by atoms with Crippen LogP contribution in [0, 0.1) is 5.92 Å². The van der Waals surface area contributed by atoms with Crippen molar-refractivity contribution in [2.45, 2.75) is 90.5 Å². The van der Waals surface area contributed by atoms with Gasteiger partial charge in [-0.15, -0.1) is 0 Å². The summed E-state index contributed by atoms with van der Waals surface area (Å²) >= 11 is 0. The SMILES string of the molecule is CC(C)C(C)(C)OB(O)C1CCCCCCCC1. The van der Waals surface area contributed by atoms with Crippen molar-refractivity contribution in [2.24, 2.45) is 5.92 Å². The Hall–Kier alpha value is -0.0151. The lowest BCUT2D eigenvalue weighted by Gasteiger charge is -2.33. The zero-order valence-electron chi connectivity index (χ0n) is 12.7. The minimum Gasteiger partial charge on any atom is -0.427 e. The molecular formula is C15H31BO2. The van der Waals surface area contributed by atoms with Crippen molar-refractivity contribution in [3.05, 3.63) is 0 Å². The van der Waals surface area contributed by atoms with Gasteiger partial charge in [-0.1, -0.05) is 65.2 Å². The highest BCUT2D eigenvalue weighted by Gasteiger charge is 2.34. The Morgan fingerprint density at radius 2 is 1.44 bits per heavy atom. The van der Waals surface area contributed by atoms with Crippen LogP contribution in [0.5, 0.6) is 0 Å². The first-order valence-electron chi connectivity index (χ1n) is 7.79. The van der Waals surface area contributed by atoms with Gasteiger partial charge in [-0.3, -0.25) is 0 Å². The Balaban J connectivity index is 2.49.